The second-order valence-corrected chi connectivity index (χ2v) is 18.6. The molecule has 0 aliphatic carbocycles. The van der Waals surface area contributed by atoms with Crippen LogP contribution in [-0.4, -0.2) is 45.1 Å². The first-order valence-electron chi connectivity index (χ1n) is 22.5. The van der Waals surface area contributed by atoms with Crippen LogP contribution in [0.2, 0.25) is 0 Å². The van der Waals surface area contributed by atoms with Gasteiger partial charge in [0.25, 0.3) is 0 Å². The van der Waals surface area contributed by atoms with Crippen molar-refractivity contribution < 1.29 is 29.9 Å². The van der Waals surface area contributed by atoms with Gasteiger partial charge in [-0.25, -0.2) is 15.0 Å². The zero-order valence-corrected chi connectivity index (χ0v) is 37.4. The van der Waals surface area contributed by atoms with E-state index in [4.69, 9.17) is 14.4 Å². The Bertz CT molecular complexity index is 4540. The highest BCUT2D eigenvalue weighted by molar-refractivity contribution is 7.25. The quantitative estimate of drug-likeness (QED) is 0.0644. The molecule has 4 aromatic heterocycles. The van der Waals surface area contributed by atoms with Crippen LogP contribution in [0.15, 0.2) is 180 Å². The zero-order chi connectivity index (χ0) is 46.9. The lowest BCUT2D eigenvalue weighted by atomic mass is 9.98. The van der Waals surface area contributed by atoms with Gasteiger partial charge in [0, 0.05) is 58.5 Å². The predicted octanol–water partition coefficient (Wildman–Crippen LogP) is 14.7. The molecule has 10 aromatic carbocycles. The van der Waals surface area contributed by atoms with Gasteiger partial charge in [-0.3, -0.25) is 0 Å². The molecule has 14 rings (SSSR count). The van der Waals surface area contributed by atoms with Gasteiger partial charge in [-0.2, -0.15) is 0 Å². The second kappa shape index (κ2) is 14.8. The van der Waals surface area contributed by atoms with Crippen molar-refractivity contribution in [3.05, 3.63) is 176 Å². The number of rotatable bonds is 5. The average Bonchev–Trinajstić information content (AvgIpc) is 4.08. The molecule has 14 aromatic rings. The molecule has 0 aliphatic heterocycles. The maximum atomic E-state index is 11.1. The standard InChI is InChI=1S/C59H34N4O6S/c64-52-51(53(65)55(67)56(68)54(52)66)59-61-57(33-19-22-37-31(26-33)17-16-30-8-1-2-9-36(30)37)60-58(62-59)34-20-24-41-43-29-35(21-25-48(43)70-49(41)28-34)63-44-13-5-3-11-42(44)50-38(12-7-14-45(50)63)32-18-23-40-39-10-4-6-15-46(39)69-47(40)27-32/h1-29,64-68H. The summed E-state index contributed by atoms with van der Waals surface area (Å²) >= 11 is 1.64. The highest BCUT2D eigenvalue weighted by atomic mass is 32.1. The van der Waals surface area contributed by atoms with Crippen molar-refractivity contribution in [1.29, 1.82) is 0 Å². The van der Waals surface area contributed by atoms with Crippen LogP contribution >= 0.6 is 11.3 Å². The van der Waals surface area contributed by atoms with Crippen LogP contribution in [0.25, 0.3) is 136 Å². The summed E-state index contributed by atoms with van der Waals surface area (Å²) in [5, 5.41) is 64.3. The van der Waals surface area contributed by atoms with Crippen LogP contribution in [-0.2, 0) is 0 Å². The van der Waals surface area contributed by atoms with Crippen LogP contribution in [0.1, 0.15) is 0 Å². The number of para-hydroxylation sites is 2. The van der Waals surface area contributed by atoms with Gasteiger partial charge in [-0.15, -0.1) is 11.3 Å². The molecule has 0 saturated heterocycles. The van der Waals surface area contributed by atoms with Gasteiger partial charge in [0.2, 0.25) is 17.2 Å². The summed E-state index contributed by atoms with van der Waals surface area (Å²) in [5.74, 6) is -4.74. The fraction of sp³-hybridized carbons (Fsp3) is 0. The summed E-state index contributed by atoms with van der Waals surface area (Å²) in [6, 6.07) is 60.2. The van der Waals surface area contributed by atoms with E-state index in [1.54, 1.807) is 11.3 Å². The van der Waals surface area contributed by atoms with Gasteiger partial charge >= 0.3 is 0 Å². The van der Waals surface area contributed by atoms with Gasteiger partial charge in [0.05, 0.1) is 11.0 Å². The minimum atomic E-state index is -1.08. The SMILES string of the molecule is Oc1c(O)c(O)c(-c2nc(-c3ccc4c(ccc5ccccc54)c3)nc(-c3ccc4c(c3)sc3ccc(-n5c6ccccc6c6c(-c7ccc8c(c7)oc7ccccc78)cccc65)cc34)n2)c(O)c1O. The van der Waals surface area contributed by atoms with Gasteiger partial charge in [-0.1, -0.05) is 115 Å². The molecule has 10 nitrogen and oxygen atoms in total. The highest BCUT2D eigenvalue weighted by Crippen LogP contribution is 2.54. The van der Waals surface area contributed by atoms with Crippen molar-refractivity contribution >= 4 is 96.8 Å². The number of benzene rings is 10. The summed E-state index contributed by atoms with van der Waals surface area (Å²) in [5.41, 5.74) is 7.88. The van der Waals surface area contributed by atoms with Crippen LogP contribution in [0.5, 0.6) is 28.7 Å². The molecular weight excluding hydrogens is 893 g/mol. The van der Waals surface area contributed by atoms with Crippen LogP contribution in [0.4, 0.5) is 0 Å². The number of phenols is 5. The Morgan fingerprint density at radius 1 is 0.386 bits per heavy atom. The fourth-order valence-corrected chi connectivity index (χ4v) is 11.4. The van der Waals surface area contributed by atoms with Gasteiger partial charge in [-0.05, 0) is 93.3 Å². The lowest BCUT2D eigenvalue weighted by Crippen LogP contribution is -2.01. The lowest BCUT2D eigenvalue weighted by Gasteiger charge is -2.13. The van der Waals surface area contributed by atoms with E-state index in [2.05, 4.69) is 113 Å². The molecule has 332 valence electrons. The van der Waals surface area contributed by atoms with Crippen molar-refractivity contribution in [1.82, 2.24) is 19.5 Å². The summed E-state index contributed by atoms with van der Waals surface area (Å²) in [4.78, 5) is 14.3. The number of aromatic nitrogens is 4. The maximum Gasteiger partial charge on any atom is 0.208 e. The molecule has 5 N–H and O–H groups in total. The minimum Gasteiger partial charge on any atom is -0.504 e. The van der Waals surface area contributed by atoms with Gasteiger partial charge in [0.15, 0.2) is 29.0 Å². The summed E-state index contributed by atoms with van der Waals surface area (Å²) in [6.45, 7) is 0. The average molecular weight is 927 g/mol. The molecule has 0 fully saturated rings. The molecule has 0 atom stereocenters. The summed E-state index contributed by atoms with van der Waals surface area (Å²) < 4.78 is 10.7. The summed E-state index contributed by atoms with van der Waals surface area (Å²) in [7, 11) is 0. The second-order valence-electron chi connectivity index (χ2n) is 17.5. The summed E-state index contributed by atoms with van der Waals surface area (Å²) in [6.07, 6.45) is 0. The number of hydrogen-bond donors (Lipinski definition) is 5. The number of furan rings is 1. The Hall–Kier alpha value is -9.45. The Morgan fingerprint density at radius 3 is 1.83 bits per heavy atom. The first kappa shape index (κ1) is 39.7. The third kappa shape index (κ3) is 5.82. The molecule has 0 amide bonds. The van der Waals surface area contributed by atoms with E-state index >= 15 is 0 Å². The van der Waals surface area contributed by atoms with E-state index in [0.29, 0.717) is 11.1 Å². The van der Waals surface area contributed by atoms with Gasteiger partial charge < -0.3 is 34.5 Å². The first-order chi connectivity index (χ1) is 34.3. The molecule has 0 saturated carbocycles. The monoisotopic (exact) mass is 926 g/mol. The third-order valence-corrected chi connectivity index (χ3v) is 14.7. The first-order valence-corrected chi connectivity index (χ1v) is 23.4. The molecular formula is C59H34N4O6S. The molecule has 0 spiro atoms. The van der Waals surface area contributed by atoms with Crippen molar-refractivity contribution in [3.8, 4) is 79.7 Å². The molecule has 70 heavy (non-hydrogen) atoms. The van der Waals surface area contributed by atoms with E-state index in [1.807, 2.05) is 72.8 Å². The number of aromatic hydroxyl groups is 5. The maximum absolute atomic E-state index is 11.1. The van der Waals surface area contributed by atoms with Gasteiger partial charge in [0.1, 0.15) is 16.7 Å². The smallest absolute Gasteiger partial charge is 0.208 e. The van der Waals surface area contributed by atoms with Crippen LogP contribution in [0.3, 0.4) is 0 Å². The fourth-order valence-electron chi connectivity index (χ4n) is 10.3. The Kier molecular flexibility index (Phi) is 8.38. The van der Waals surface area contributed by atoms with E-state index in [-0.39, 0.29) is 17.5 Å². The molecule has 11 heteroatoms. The molecule has 0 aliphatic rings. The zero-order valence-electron chi connectivity index (χ0n) is 36.6. The van der Waals surface area contributed by atoms with Crippen LogP contribution in [0, 0.1) is 0 Å². The van der Waals surface area contributed by atoms with Crippen molar-refractivity contribution in [2.45, 2.75) is 0 Å². The molecule has 0 unspecified atom stereocenters. The van der Waals surface area contributed by atoms with Crippen LogP contribution < -0.4 is 0 Å². The Labute approximate surface area is 400 Å². The third-order valence-electron chi connectivity index (χ3n) is 13.6. The Balaban J connectivity index is 0.907. The Morgan fingerprint density at radius 2 is 1.00 bits per heavy atom. The normalized spacial score (nSPS) is 12.0. The van der Waals surface area contributed by atoms with E-state index in [1.165, 1.54) is 0 Å². The number of nitrogens with zero attached hydrogens (tertiary/aromatic N) is 4. The molecule has 0 bridgehead atoms. The number of hydrogen-bond acceptors (Lipinski definition) is 10. The predicted molar refractivity (Wildman–Crippen MR) is 279 cm³/mol. The van der Waals surface area contributed by atoms with Crippen molar-refractivity contribution in [3.63, 3.8) is 0 Å². The topological polar surface area (TPSA) is 158 Å². The van der Waals surface area contributed by atoms with E-state index in [9.17, 15) is 25.5 Å². The van der Waals surface area contributed by atoms with Crippen molar-refractivity contribution in [2.75, 3.05) is 0 Å². The van der Waals surface area contributed by atoms with E-state index in [0.717, 1.165) is 102 Å². The number of phenolic OH excluding ortho intramolecular Hbond substituents is 5. The van der Waals surface area contributed by atoms with Crippen molar-refractivity contribution in [2.24, 2.45) is 0 Å². The number of fused-ring (bicyclic) bond motifs is 12. The molecule has 0 radical (unpaired) electrons. The molecule has 4 heterocycles. The number of thiophene rings is 1. The largest absolute Gasteiger partial charge is 0.504 e. The van der Waals surface area contributed by atoms with E-state index < -0.39 is 34.3 Å². The highest BCUT2D eigenvalue weighted by Gasteiger charge is 2.28. The minimum absolute atomic E-state index is 0.213. The lowest BCUT2D eigenvalue weighted by molar-refractivity contribution is 0.329.